The third-order valence-corrected chi connectivity index (χ3v) is 3.53. The average Bonchev–Trinajstić information content (AvgIpc) is 2.54. The van der Waals surface area contributed by atoms with Crippen LogP contribution >= 0.6 is 0 Å². The summed E-state index contributed by atoms with van der Waals surface area (Å²) in [5.41, 5.74) is 8.76. The fourth-order valence-corrected chi connectivity index (χ4v) is 2.50. The van der Waals surface area contributed by atoms with Crippen molar-refractivity contribution in [2.45, 2.75) is 33.2 Å². The minimum absolute atomic E-state index is 0.0707. The molecule has 3 N–H and O–H groups in total. The number of nitrogens with one attached hydrogen (secondary N) is 1. The van der Waals surface area contributed by atoms with Crippen molar-refractivity contribution in [2.24, 2.45) is 5.73 Å². The van der Waals surface area contributed by atoms with Gasteiger partial charge < -0.3 is 20.5 Å². The number of rotatable bonds is 8. The summed E-state index contributed by atoms with van der Waals surface area (Å²) in [6, 6.07) is 13.4. The second-order valence-electron chi connectivity index (χ2n) is 6.10. The molecule has 0 bridgehead atoms. The molecular weight excluding hydrogens is 316 g/mol. The summed E-state index contributed by atoms with van der Waals surface area (Å²) in [5.74, 6) is 0.964. The lowest BCUT2D eigenvalue weighted by atomic mass is 10.1. The van der Waals surface area contributed by atoms with Crippen molar-refractivity contribution >= 4 is 11.6 Å². The van der Waals surface area contributed by atoms with E-state index in [2.05, 4.69) is 5.32 Å². The molecule has 25 heavy (non-hydrogen) atoms. The van der Waals surface area contributed by atoms with E-state index >= 15 is 0 Å². The maximum Gasteiger partial charge on any atom is 0.262 e. The Morgan fingerprint density at radius 1 is 1.16 bits per heavy atom. The van der Waals surface area contributed by atoms with Crippen molar-refractivity contribution in [1.82, 2.24) is 0 Å². The first-order valence-corrected chi connectivity index (χ1v) is 8.48. The Hall–Kier alpha value is -2.53. The van der Waals surface area contributed by atoms with Gasteiger partial charge in [-0.1, -0.05) is 18.2 Å². The Bertz CT molecular complexity index is 714. The summed E-state index contributed by atoms with van der Waals surface area (Å²) >= 11 is 0. The normalized spacial score (nSPS) is 11.7. The van der Waals surface area contributed by atoms with Crippen molar-refractivity contribution in [1.29, 1.82) is 0 Å². The topological polar surface area (TPSA) is 73.6 Å². The molecule has 2 aromatic rings. The lowest BCUT2D eigenvalue weighted by molar-refractivity contribution is -0.118. The van der Waals surface area contributed by atoms with E-state index in [-0.39, 0.29) is 18.6 Å². The van der Waals surface area contributed by atoms with Gasteiger partial charge in [0.1, 0.15) is 0 Å². The molecule has 134 valence electrons. The van der Waals surface area contributed by atoms with Crippen LogP contribution in [0.3, 0.4) is 0 Å². The van der Waals surface area contributed by atoms with E-state index < -0.39 is 0 Å². The van der Waals surface area contributed by atoms with Gasteiger partial charge in [0.05, 0.1) is 6.61 Å². The van der Waals surface area contributed by atoms with Crippen LogP contribution in [0.25, 0.3) is 0 Å². The van der Waals surface area contributed by atoms with E-state index in [1.165, 1.54) is 0 Å². The monoisotopic (exact) mass is 342 g/mol. The SMILES string of the molecule is CCOc1cc(CC(C)N)ccc1OCC(=O)Nc1cccc(C)c1. The number of carbonyl (C=O) groups excluding carboxylic acids is 1. The highest BCUT2D eigenvalue weighted by atomic mass is 16.5. The van der Waals surface area contributed by atoms with Gasteiger partial charge in [-0.3, -0.25) is 4.79 Å². The van der Waals surface area contributed by atoms with E-state index in [1.807, 2.05) is 63.2 Å². The van der Waals surface area contributed by atoms with Gasteiger partial charge in [-0.15, -0.1) is 0 Å². The second-order valence-corrected chi connectivity index (χ2v) is 6.10. The highest BCUT2D eigenvalue weighted by Crippen LogP contribution is 2.29. The quantitative estimate of drug-likeness (QED) is 0.772. The third-order valence-electron chi connectivity index (χ3n) is 3.53. The molecule has 2 aromatic carbocycles. The number of hydrogen-bond acceptors (Lipinski definition) is 4. The number of aryl methyl sites for hydroxylation is 1. The first kappa shape index (κ1) is 18.8. The molecule has 1 unspecified atom stereocenters. The van der Waals surface area contributed by atoms with Crippen LogP contribution in [-0.4, -0.2) is 25.2 Å². The summed E-state index contributed by atoms with van der Waals surface area (Å²) < 4.78 is 11.3. The molecule has 5 heteroatoms. The smallest absolute Gasteiger partial charge is 0.262 e. The first-order chi connectivity index (χ1) is 12.0. The van der Waals surface area contributed by atoms with Crippen molar-refractivity contribution in [3.63, 3.8) is 0 Å². The molecule has 0 radical (unpaired) electrons. The van der Waals surface area contributed by atoms with Crippen LogP contribution in [0.2, 0.25) is 0 Å². The number of carbonyl (C=O) groups is 1. The van der Waals surface area contributed by atoms with Crippen LogP contribution in [0.5, 0.6) is 11.5 Å². The number of nitrogens with two attached hydrogens (primary N) is 1. The number of anilines is 1. The first-order valence-electron chi connectivity index (χ1n) is 8.48. The average molecular weight is 342 g/mol. The van der Waals surface area contributed by atoms with Crippen molar-refractivity contribution in [2.75, 3.05) is 18.5 Å². The Morgan fingerprint density at radius 2 is 1.96 bits per heavy atom. The largest absolute Gasteiger partial charge is 0.490 e. The Morgan fingerprint density at radius 3 is 2.64 bits per heavy atom. The standard InChI is InChI=1S/C20H26N2O3/c1-4-24-19-12-16(11-15(3)21)8-9-18(19)25-13-20(23)22-17-7-5-6-14(2)10-17/h5-10,12,15H,4,11,13,21H2,1-3H3,(H,22,23). The zero-order chi connectivity index (χ0) is 18.2. The molecule has 0 aliphatic rings. The molecule has 1 atom stereocenters. The van der Waals surface area contributed by atoms with Crippen LogP contribution in [0.15, 0.2) is 42.5 Å². The molecule has 0 spiro atoms. The van der Waals surface area contributed by atoms with Gasteiger partial charge in [-0.25, -0.2) is 0 Å². The number of benzene rings is 2. The van der Waals surface area contributed by atoms with E-state index in [0.29, 0.717) is 18.1 Å². The van der Waals surface area contributed by atoms with Gasteiger partial charge in [0.15, 0.2) is 18.1 Å². The lowest BCUT2D eigenvalue weighted by Crippen LogP contribution is -2.20. The minimum atomic E-state index is -0.215. The number of amides is 1. The van der Waals surface area contributed by atoms with Gasteiger partial charge in [0, 0.05) is 11.7 Å². The van der Waals surface area contributed by atoms with Crippen LogP contribution in [0, 0.1) is 6.92 Å². The summed E-state index contributed by atoms with van der Waals surface area (Å²) in [5, 5.41) is 2.82. The highest BCUT2D eigenvalue weighted by molar-refractivity contribution is 5.91. The van der Waals surface area contributed by atoms with Crippen LogP contribution in [-0.2, 0) is 11.2 Å². The van der Waals surface area contributed by atoms with Crippen LogP contribution in [0.4, 0.5) is 5.69 Å². The molecule has 2 rings (SSSR count). The second kappa shape index (κ2) is 9.08. The maximum absolute atomic E-state index is 12.1. The van der Waals surface area contributed by atoms with Crippen molar-refractivity contribution in [3.8, 4) is 11.5 Å². The fourth-order valence-electron chi connectivity index (χ4n) is 2.50. The Balaban J connectivity index is 1.99. The molecule has 0 saturated carbocycles. The predicted octanol–water partition coefficient (Wildman–Crippen LogP) is 3.30. The van der Waals surface area contributed by atoms with Gasteiger partial charge in [-0.2, -0.15) is 0 Å². The molecule has 0 aliphatic carbocycles. The van der Waals surface area contributed by atoms with Crippen molar-refractivity contribution in [3.05, 3.63) is 53.6 Å². The summed E-state index contributed by atoms with van der Waals surface area (Å²) in [6.07, 6.45) is 0.758. The lowest BCUT2D eigenvalue weighted by Gasteiger charge is -2.14. The summed E-state index contributed by atoms with van der Waals surface area (Å²) in [4.78, 5) is 12.1. The van der Waals surface area contributed by atoms with E-state index in [1.54, 1.807) is 0 Å². The predicted molar refractivity (Wildman–Crippen MR) is 100 cm³/mol. The third kappa shape index (κ3) is 6.12. The molecule has 0 fully saturated rings. The van der Waals surface area contributed by atoms with E-state index in [9.17, 15) is 4.79 Å². The number of ether oxygens (including phenoxy) is 2. The Labute approximate surface area is 149 Å². The van der Waals surface area contributed by atoms with Crippen LogP contribution in [0.1, 0.15) is 25.0 Å². The summed E-state index contributed by atoms with van der Waals surface area (Å²) in [6.45, 7) is 6.28. The fraction of sp³-hybridized carbons (Fsp3) is 0.350. The zero-order valence-electron chi connectivity index (χ0n) is 15.0. The zero-order valence-corrected chi connectivity index (χ0v) is 15.0. The summed E-state index contributed by atoms with van der Waals surface area (Å²) in [7, 11) is 0. The molecular formula is C20H26N2O3. The van der Waals surface area contributed by atoms with Gasteiger partial charge in [0.2, 0.25) is 0 Å². The molecule has 5 nitrogen and oxygen atoms in total. The van der Waals surface area contributed by atoms with Crippen LogP contribution < -0.4 is 20.5 Å². The van der Waals surface area contributed by atoms with Gasteiger partial charge in [0.25, 0.3) is 5.91 Å². The Kier molecular flexibility index (Phi) is 6.83. The molecule has 1 amide bonds. The van der Waals surface area contributed by atoms with Gasteiger partial charge in [-0.05, 0) is 62.6 Å². The minimum Gasteiger partial charge on any atom is -0.490 e. The maximum atomic E-state index is 12.1. The van der Waals surface area contributed by atoms with E-state index in [4.69, 9.17) is 15.2 Å². The van der Waals surface area contributed by atoms with Crippen molar-refractivity contribution < 1.29 is 14.3 Å². The number of hydrogen-bond donors (Lipinski definition) is 2. The van der Waals surface area contributed by atoms with Gasteiger partial charge >= 0.3 is 0 Å². The highest BCUT2D eigenvalue weighted by Gasteiger charge is 2.10. The molecule has 0 aliphatic heterocycles. The molecule has 0 aromatic heterocycles. The molecule has 0 saturated heterocycles. The molecule has 0 heterocycles. The van der Waals surface area contributed by atoms with E-state index in [0.717, 1.165) is 23.2 Å².